The van der Waals surface area contributed by atoms with Crippen LogP contribution in [0.15, 0.2) is 0 Å². The summed E-state index contributed by atoms with van der Waals surface area (Å²) in [6.45, 7) is 1.61. The van der Waals surface area contributed by atoms with Crippen molar-refractivity contribution in [1.29, 1.82) is 0 Å². The molecular formula is C12H23N3O4. The summed E-state index contributed by atoms with van der Waals surface area (Å²) in [4.78, 5) is 22.2. The van der Waals surface area contributed by atoms with E-state index in [-0.39, 0.29) is 12.3 Å². The molecule has 1 amide bonds. The number of carbonyl (C=O) groups is 2. The Bertz CT molecular complexity index is 316. The first-order valence-corrected chi connectivity index (χ1v) is 6.55. The Kier molecular flexibility index (Phi) is 6.20. The molecule has 6 N–H and O–H groups in total. The predicted molar refractivity (Wildman–Crippen MR) is 69.4 cm³/mol. The number of carbonyl (C=O) groups excluding carboxylic acids is 1. The Labute approximate surface area is 112 Å². The summed E-state index contributed by atoms with van der Waals surface area (Å²) in [6, 6.07) is -0.867. The van der Waals surface area contributed by atoms with Crippen molar-refractivity contribution in [3.8, 4) is 0 Å². The summed E-state index contributed by atoms with van der Waals surface area (Å²) in [5.41, 5.74) is 11.0. The monoisotopic (exact) mass is 273 g/mol. The van der Waals surface area contributed by atoms with Gasteiger partial charge in [-0.1, -0.05) is 0 Å². The van der Waals surface area contributed by atoms with Crippen LogP contribution in [-0.4, -0.2) is 48.3 Å². The molecular weight excluding hydrogens is 250 g/mol. The van der Waals surface area contributed by atoms with Crippen LogP contribution in [-0.2, 0) is 14.3 Å². The van der Waals surface area contributed by atoms with E-state index in [4.69, 9.17) is 21.3 Å². The van der Waals surface area contributed by atoms with Gasteiger partial charge in [0, 0.05) is 31.7 Å². The average Bonchev–Trinajstić information content (AvgIpc) is 2.34. The van der Waals surface area contributed by atoms with Gasteiger partial charge < -0.3 is 26.6 Å². The van der Waals surface area contributed by atoms with E-state index < -0.39 is 17.6 Å². The van der Waals surface area contributed by atoms with Crippen molar-refractivity contribution < 1.29 is 19.4 Å². The quantitative estimate of drug-likeness (QED) is 0.449. The van der Waals surface area contributed by atoms with Gasteiger partial charge in [-0.25, -0.2) is 0 Å². The topological polar surface area (TPSA) is 128 Å². The lowest BCUT2D eigenvalue weighted by Crippen LogP contribution is -2.48. The number of amides is 1. The molecule has 1 aliphatic rings. The summed E-state index contributed by atoms with van der Waals surface area (Å²) in [5, 5.41) is 11.3. The number of aliphatic carboxylic acids is 1. The second-order valence-corrected chi connectivity index (χ2v) is 5.09. The van der Waals surface area contributed by atoms with Crippen LogP contribution in [0.5, 0.6) is 0 Å². The van der Waals surface area contributed by atoms with Gasteiger partial charge in [0.15, 0.2) is 0 Å². The van der Waals surface area contributed by atoms with Crippen LogP contribution in [0.4, 0.5) is 0 Å². The fraction of sp³-hybridized carbons (Fsp3) is 0.833. The molecule has 0 aromatic carbocycles. The van der Waals surface area contributed by atoms with Crippen molar-refractivity contribution in [3.05, 3.63) is 0 Å². The molecule has 1 aliphatic heterocycles. The summed E-state index contributed by atoms with van der Waals surface area (Å²) >= 11 is 0. The zero-order valence-electron chi connectivity index (χ0n) is 11.1. The third-order valence-electron chi connectivity index (χ3n) is 3.33. The molecule has 0 saturated carbocycles. The van der Waals surface area contributed by atoms with Crippen LogP contribution in [0.25, 0.3) is 0 Å². The molecule has 1 rings (SSSR count). The van der Waals surface area contributed by atoms with Gasteiger partial charge >= 0.3 is 5.97 Å². The zero-order valence-corrected chi connectivity index (χ0v) is 11.1. The number of hydrogen-bond donors (Lipinski definition) is 4. The fourth-order valence-corrected chi connectivity index (χ4v) is 2.01. The Morgan fingerprint density at radius 2 is 2.00 bits per heavy atom. The predicted octanol–water partition coefficient (Wildman–Crippen LogP) is -0.807. The summed E-state index contributed by atoms with van der Waals surface area (Å²) in [6.07, 6.45) is 2.53. The number of carboxylic acid groups (broad SMARTS) is 1. The molecule has 0 aromatic rings. The van der Waals surface area contributed by atoms with E-state index >= 15 is 0 Å². The SMILES string of the molecule is NC(CCCNC(=O)CC1(N)CCOCC1)C(=O)O. The van der Waals surface area contributed by atoms with Crippen LogP contribution >= 0.6 is 0 Å². The van der Waals surface area contributed by atoms with Gasteiger partial charge in [0.2, 0.25) is 5.91 Å². The van der Waals surface area contributed by atoms with Gasteiger partial charge in [0.05, 0.1) is 0 Å². The third-order valence-corrected chi connectivity index (χ3v) is 3.33. The van der Waals surface area contributed by atoms with E-state index in [0.29, 0.717) is 45.4 Å². The molecule has 1 fully saturated rings. The molecule has 7 nitrogen and oxygen atoms in total. The van der Waals surface area contributed by atoms with E-state index in [9.17, 15) is 9.59 Å². The first-order chi connectivity index (χ1) is 8.93. The second-order valence-electron chi connectivity index (χ2n) is 5.09. The van der Waals surface area contributed by atoms with Gasteiger partial charge in [-0.2, -0.15) is 0 Å². The van der Waals surface area contributed by atoms with Crippen LogP contribution < -0.4 is 16.8 Å². The molecule has 1 heterocycles. The molecule has 110 valence electrons. The molecule has 0 aliphatic carbocycles. The number of ether oxygens (including phenoxy) is 1. The lowest BCUT2D eigenvalue weighted by Gasteiger charge is -2.32. The highest BCUT2D eigenvalue weighted by atomic mass is 16.5. The molecule has 0 bridgehead atoms. The van der Waals surface area contributed by atoms with Crippen LogP contribution in [0, 0.1) is 0 Å². The van der Waals surface area contributed by atoms with Crippen LogP contribution in [0.1, 0.15) is 32.1 Å². The number of carboxylic acids is 1. The van der Waals surface area contributed by atoms with Crippen molar-refractivity contribution in [3.63, 3.8) is 0 Å². The molecule has 0 spiro atoms. The third kappa shape index (κ3) is 6.00. The van der Waals surface area contributed by atoms with Gasteiger partial charge in [0.1, 0.15) is 6.04 Å². The first-order valence-electron chi connectivity index (χ1n) is 6.55. The number of nitrogens with one attached hydrogen (secondary N) is 1. The minimum absolute atomic E-state index is 0.103. The minimum Gasteiger partial charge on any atom is -0.480 e. The maximum absolute atomic E-state index is 11.7. The smallest absolute Gasteiger partial charge is 0.320 e. The van der Waals surface area contributed by atoms with Gasteiger partial charge in [-0.15, -0.1) is 0 Å². The fourth-order valence-electron chi connectivity index (χ4n) is 2.01. The van der Waals surface area contributed by atoms with Crippen molar-refractivity contribution in [2.45, 2.75) is 43.7 Å². The molecule has 0 radical (unpaired) electrons. The Morgan fingerprint density at radius 1 is 1.37 bits per heavy atom. The molecule has 0 aromatic heterocycles. The van der Waals surface area contributed by atoms with Crippen LogP contribution in [0.3, 0.4) is 0 Å². The summed E-state index contributed by atoms with van der Waals surface area (Å²) in [7, 11) is 0. The molecule has 1 unspecified atom stereocenters. The van der Waals surface area contributed by atoms with Crippen LogP contribution in [0.2, 0.25) is 0 Å². The Hall–Kier alpha value is -1.18. The minimum atomic E-state index is -1.02. The van der Waals surface area contributed by atoms with E-state index in [1.165, 1.54) is 0 Å². The van der Waals surface area contributed by atoms with E-state index in [1.807, 2.05) is 0 Å². The number of hydrogen-bond acceptors (Lipinski definition) is 5. The normalized spacial score (nSPS) is 19.7. The average molecular weight is 273 g/mol. The largest absolute Gasteiger partial charge is 0.480 e. The highest BCUT2D eigenvalue weighted by Crippen LogP contribution is 2.21. The number of nitrogens with two attached hydrogens (primary N) is 2. The number of rotatable bonds is 7. The standard InChI is InChI=1S/C12H23N3O4/c13-9(11(17)18)2-1-5-15-10(16)8-12(14)3-6-19-7-4-12/h9H,1-8,13-14H2,(H,15,16)(H,17,18). The van der Waals surface area contributed by atoms with Crippen molar-refractivity contribution >= 4 is 11.9 Å². The van der Waals surface area contributed by atoms with Crippen molar-refractivity contribution in [2.75, 3.05) is 19.8 Å². The summed E-state index contributed by atoms with van der Waals surface area (Å²) < 4.78 is 5.21. The van der Waals surface area contributed by atoms with Gasteiger partial charge in [-0.05, 0) is 25.7 Å². The van der Waals surface area contributed by atoms with E-state index in [1.54, 1.807) is 0 Å². The second kappa shape index (κ2) is 7.42. The van der Waals surface area contributed by atoms with Gasteiger partial charge in [-0.3, -0.25) is 9.59 Å². The lowest BCUT2D eigenvalue weighted by atomic mass is 9.87. The molecule has 19 heavy (non-hydrogen) atoms. The van der Waals surface area contributed by atoms with Crippen molar-refractivity contribution in [1.82, 2.24) is 5.32 Å². The Morgan fingerprint density at radius 3 is 2.58 bits per heavy atom. The highest BCUT2D eigenvalue weighted by Gasteiger charge is 2.30. The highest BCUT2D eigenvalue weighted by molar-refractivity contribution is 5.77. The zero-order chi connectivity index (χ0) is 14.3. The molecule has 1 saturated heterocycles. The Balaban J connectivity index is 2.15. The molecule has 7 heteroatoms. The maximum Gasteiger partial charge on any atom is 0.320 e. The first kappa shape index (κ1) is 15.9. The lowest BCUT2D eigenvalue weighted by molar-refractivity contribution is -0.138. The van der Waals surface area contributed by atoms with Crippen molar-refractivity contribution in [2.24, 2.45) is 11.5 Å². The van der Waals surface area contributed by atoms with E-state index in [2.05, 4.69) is 5.32 Å². The maximum atomic E-state index is 11.7. The van der Waals surface area contributed by atoms with Gasteiger partial charge in [0.25, 0.3) is 0 Å². The summed E-state index contributed by atoms with van der Waals surface area (Å²) in [5.74, 6) is -1.12. The van der Waals surface area contributed by atoms with E-state index in [0.717, 1.165) is 0 Å². The molecule has 1 atom stereocenters.